The van der Waals surface area contributed by atoms with Crippen LogP contribution in [0.2, 0.25) is 0 Å². The van der Waals surface area contributed by atoms with Crippen molar-refractivity contribution >= 4 is 16.3 Å². The highest BCUT2D eigenvalue weighted by Gasteiger charge is 2.28. The number of rotatable bonds is 5. The first-order chi connectivity index (χ1) is 11.3. The standard InChI is InChI=1S/C14H18N8S/c1-2-3-4-9-7-10(18-17-9)13-21-22-12(19-20-14(22)23-13)11-8-15-5-6-16-11/h5-6,8-10,17-18H,2-4,7H2,1H3. The maximum Gasteiger partial charge on any atom is 0.235 e. The second-order valence-electron chi connectivity index (χ2n) is 5.67. The zero-order valence-electron chi connectivity index (χ0n) is 12.8. The molecule has 8 nitrogen and oxygen atoms in total. The first-order valence-electron chi connectivity index (χ1n) is 7.84. The summed E-state index contributed by atoms with van der Waals surface area (Å²) >= 11 is 1.56. The summed E-state index contributed by atoms with van der Waals surface area (Å²) in [6, 6.07) is 0.729. The molecule has 1 fully saturated rings. The molecular weight excluding hydrogens is 312 g/mol. The SMILES string of the molecule is CCCCC1CC(c2nn3c(-c4cnccn4)nnc3s2)NN1. The number of fused-ring (bicyclic) bond motifs is 1. The molecule has 1 saturated heterocycles. The summed E-state index contributed by atoms with van der Waals surface area (Å²) in [4.78, 5) is 9.13. The quantitative estimate of drug-likeness (QED) is 0.736. The monoisotopic (exact) mass is 330 g/mol. The van der Waals surface area contributed by atoms with Crippen molar-refractivity contribution in [3.05, 3.63) is 23.6 Å². The van der Waals surface area contributed by atoms with Gasteiger partial charge in [-0.3, -0.25) is 10.4 Å². The van der Waals surface area contributed by atoms with Crippen molar-refractivity contribution in [1.82, 2.24) is 40.6 Å². The predicted molar refractivity (Wildman–Crippen MR) is 86.6 cm³/mol. The van der Waals surface area contributed by atoms with Crippen LogP contribution in [-0.2, 0) is 0 Å². The Morgan fingerprint density at radius 3 is 3.09 bits per heavy atom. The number of nitrogens with zero attached hydrogens (tertiary/aromatic N) is 6. The molecule has 1 aliphatic heterocycles. The first-order valence-corrected chi connectivity index (χ1v) is 8.66. The van der Waals surface area contributed by atoms with Crippen LogP contribution in [0.4, 0.5) is 0 Å². The highest BCUT2D eigenvalue weighted by molar-refractivity contribution is 7.16. The molecule has 4 heterocycles. The molecule has 4 rings (SSSR count). The molecule has 120 valence electrons. The van der Waals surface area contributed by atoms with Crippen molar-refractivity contribution < 1.29 is 0 Å². The van der Waals surface area contributed by atoms with Gasteiger partial charge in [0, 0.05) is 18.4 Å². The number of hydrogen-bond donors (Lipinski definition) is 2. The third-order valence-electron chi connectivity index (χ3n) is 3.98. The Kier molecular flexibility index (Phi) is 3.98. The Labute approximate surface area is 137 Å². The Morgan fingerprint density at radius 2 is 2.26 bits per heavy atom. The van der Waals surface area contributed by atoms with E-state index in [0.717, 1.165) is 16.4 Å². The molecule has 3 aromatic heterocycles. The van der Waals surface area contributed by atoms with Gasteiger partial charge in [0.15, 0.2) is 0 Å². The van der Waals surface area contributed by atoms with E-state index in [1.807, 2.05) is 0 Å². The summed E-state index contributed by atoms with van der Waals surface area (Å²) in [5.74, 6) is 0.629. The number of hydrogen-bond acceptors (Lipinski definition) is 8. The molecule has 1 aliphatic rings. The summed E-state index contributed by atoms with van der Waals surface area (Å²) in [5, 5.41) is 14.1. The van der Waals surface area contributed by atoms with Crippen LogP contribution in [0.15, 0.2) is 18.6 Å². The van der Waals surface area contributed by atoms with Crippen LogP contribution in [0, 0.1) is 0 Å². The average molecular weight is 330 g/mol. The number of hydrazine groups is 1. The van der Waals surface area contributed by atoms with Crippen LogP contribution in [0.5, 0.6) is 0 Å². The second-order valence-corrected chi connectivity index (χ2v) is 6.65. The zero-order chi connectivity index (χ0) is 15.6. The zero-order valence-corrected chi connectivity index (χ0v) is 13.6. The van der Waals surface area contributed by atoms with E-state index in [1.165, 1.54) is 19.3 Å². The average Bonchev–Trinajstić information content (AvgIpc) is 3.28. The van der Waals surface area contributed by atoms with E-state index in [-0.39, 0.29) is 6.04 Å². The topological polar surface area (TPSA) is 92.9 Å². The van der Waals surface area contributed by atoms with Crippen LogP contribution in [-0.4, -0.2) is 35.8 Å². The normalized spacial score (nSPS) is 21.3. The molecular formula is C14H18N8S. The van der Waals surface area contributed by atoms with Crippen LogP contribution < -0.4 is 10.9 Å². The van der Waals surface area contributed by atoms with Crippen molar-refractivity contribution in [1.29, 1.82) is 0 Å². The number of aromatic nitrogens is 6. The summed E-state index contributed by atoms with van der Waals surface area (Å²) in [5.41, 5.74) is 7.40. The van der Waals surface area contributed by atoms with Crippen molar-refractivity contribution in [2.45, 2.75) is 44.7 Å². The third kappa shape index (κ3) is 2.82. The van der Waals surface area contributed by atoms with Gasteiger partial charge in [0.2, 0.25) is 10.8 Å². The summed E-state index contributed by atoms with van der Waals surface area (Å²) in [6.07, 6.45) is 9.66. The Hall–Kier alpha value is -1.97. The van der Waals surface area contributed by atoms with Crippen LogP contribution in [0.3, 0.4) is 0 Å². The molecule has 2 unspecified atom stereocenters. The van der Waals surface area contributed by atoms with Crippen LogP contribution >= 0.6 is 11.3 Å². The lowest BCUT2D eigenvalue weighted by Gasteiger charge is -2.06. The molecule has 0 aromatic carbocycles. The second kappa shape index (κ2) is 6.26. The summed E-state index contributed by atoms with van der Waals surface area (Å²) in [7, 11) is 0. The van der Waals surface area contributed by atoms with Gasteiger partial charge in [-0.2, -0.15) is 9.61 Å². The minimum absolute atomic E-state index is 0.221. The minimum Gasteiger partial charge on any atom is -0.261 e. The Morgan fingerprint density at radius 1 is 1.30 bits per heavy atom. The molecule has 2 atom stereocenters. The fourth-order valence-electron chi connectivity index (χ4n) is 2.77. The highest BCUT2D eigenvalue weighted by Crippen LogP contribution is 2.29. The van der Waals surface area contributed by atoms with Crippen molar-refractivity contribution in [3.8, 4) is 11.5 Å². The molecule has 0 saturated carbocycles. The Bertz CT molecular complexity index is 783. The molecule has 0 spiro atoms. The molecule has 23 heavy (non-hydrogen) atoms. The third-order valence-corrected chi connectivity index (χ3v) is 5.00. The molecule has 2 N–H and O–H groups in total. The number of unbranched alkanes of at least 4 members (excludes halogenated alkanes) is 1. The van der Waals surface area contributed by atoms with Crippen molar-refractivity contribution in [2.75, 3.05) is 0 Å². The van der Waals surface area contributed by atoms with E-state index in [4.69, 9.17) is 0 Å². The van der Waals surface area contributed by atoms with Gasteiger partial charge in [-0.05, 0) is 12.8 Å². The smallest absolute Gasteiger partial charge is 0.235 e. The van der Waals surface area contributed by atoms with Crippen LogP contribution in [0.1, 0.15) is 43.7 Å². The van der Waals surface area contributed by atoms with Crippen molar-refractivity contribution in [3.63, 3.8) is 0 Å². The van der Waals surface area contributed by atoms with Gasteiger partial charge in [0.25, 0.3) is 0 Å². The maximum atomic E-state index is 4.69. The van der Waals surface area contributed by atoms with E-state index in [0.29, 0.717) is 17.6 Å². The van der Waals surface area contributed by atoms with Gasteiger partial charge in [-0.15, -0.1) is 10.2 Å². The predicted octanol–water partition coefficient (Wildman–Crippen LogP) is 1.74. The fraction of sp³-hybridized carbons (Fsp3) is 0.500. The number of nitrogens with one attached hydrogen (secondary N) is 2. The largest absolute Gasteiger partial charge is 0.261 e. The fourth-order valence-corrected chi connectivity index (χ4v) is 3.67. The van der Waals surface area contributed by atoms with Crippen molar-refractivity contribution in [2.24, 2.45) is 0 Å². The maximum absolute atomic E-state index is 4.69. The minimum atomic E-state index is 0.221. The Balaban J connectivity index is 1.57. The molecule has 0 radical (unpaired) electrons. The lowest BCUT2D eigenvalue weighted by Crippen LogP contribution is -2.30. The van der Waals surface area contributed by atoms with Gasteiger partial charge in [0.05, 0.1) is 12.2 Å². The van der Waals surface area contributed by atoms with E-state index < -0.39 is 0 Å². The molecule has 0 bridgehead atoms. The van der Waals surface area contributed by atoms with E-state index in [2.05, 4.69) is 43.0 Å². The van der Waals surface area contributed by atoms with Gasteiger partial charge in [-0.1, -0.05) is 31.1 Å². The molecule has 0 amide bonds. The lowest BCUT2D eigenvalue weighted by molar-refractivity contribution is 0.499. The van der Waals surface area contributed by atoms with Gasteiger partial charge < -0.3 is 0 Å². The molecule has 0 aliphatic carbocycles. The highest BCUT2D eigenvalue weighted by atomic mass is 32.1. The van der Waals surface area contributed by atoms with Crippen LogP contribution in [0.25, 0.3) is 16.5 Å². The van der Waals surface area contributed by atoms with E-state index in [9.17, 15) is 0 Å². The summed E-state index contributed by atoms with van der Waals surface area (Å²) in [6.45, 7) is 2.22. The lowest BCUT2D eigenvalue weighted by atomic mass is 10.1. The molecule has 9 heteroatoms. The van der Waals surface area contributed by atoms with Gasteiger partial charge >= 0.3 is 0 Å². The first kappa shape index (κ1) is 14.6. The molecule has 3 aromatic rings. The summed E-state index contributed by atoms with van der Waals surface area (Å²) < 4.78 is 1.76. The van der Waals surface area contributed by atoms with E-state index in [1.54, 1.807) is 34.4 Å². The van der Waals surface area contributed by atoms with Gasteiger partial charge in [0.1, 0.15) is 10.7 Å². The van der Waals surface area contributed by atoms with E-state index >= 15 is 0 Å². The van der Waals surface area contributed by atoms with Gasteiger partial charge in [-0.25, -0.2) is 10.4 Å².